The number of benzene rings is 2. The third-order valence-corrected chi connectivity index (χ3v) is 7.49. The number of hydrazine groups is 2. The number of nitriles is 1. The van der Waals surface area contributed by atoms with E-state index in [0.717, 1.165) is 16.5 Å². The van der Waals surface area contributed by atoms with Gasteiger partial charge in [-0.05, 0) is 49.1 Å². The third-order valence-electron chi connectivity index (χ3n) is 7.20. The number of halogens is 3. The number of fused-ring (bicyclic) bond motifs is 2. The fraction of sp³-hybridized carbons (Fsp3) is 0.323. The van der Waals surface area contributed by atoms with E-state index >= 15 is 0 Å². The van der Waals surface area contributed by atoms with Crippen molar-refractivity contribution < 1.29 is 8.78 Å². The molecule has 0 aliphatic carbocycles. The van der Waals surface area contributed by atoms with Crippen molar-refractivity contribution in [3.63, 3.8) is 0 Å². The molecule has 1 atom stereocenters. The van der Waals surface area contributed by atoms with Crippen molar-refractivity contribution in [3.8, 4) is 6.07 Å². The van der Waals surface area contributed by atoms with E-state index in [0.29, 0.717) is 45.1 Å². The predicted molar refractivity (Wildman–Crippen MR) is 164 cm³/mol. The van der Waals surface area contributed by atoms with Crippen molar-refractivity contribution in [1.29, 1.82) is 5.26 Å². The average Bonchev–Trinajstić information content (AvgIpc) is 3.45. The summed E-state index contributed by atoms with van der Waals surface area (Å²) in [4.78, 5) is 8.97. The van der Waals surface area contributed by atoms with E-state index in [9.17, 15) is 14.0 Å². The summed E-state index contributed by atoms with van der Waals surface area (Å²) in [6.45, 7) is 9.87. The van der Waals surface area contributed by atoms with Gasteiger partial charge < -0.3 is 16.1 Å². The minimum atomic E-state index is -2.60. The Morgan fingerprint density at radius 3 is 2.57 bits per heavy atom. The van der Waals surface area contributed by atoms with Crippen LogP contribution in [0.4, 0.5) is 20.2 Å². The topological polar surface area (TPSA) is 101 Å². The minimum absolute atomic E-state index is 0.0407. The molecule has 4 N–H and O–H groups in total. The number of alkyl halides is 2. The molecule has 42 heavy (non-hydrogen) atoms. The highest BCUT2D eigenvalue weighted by Crippen LogP contribution is 2.38. The van der Waals surface area contributed by atoms with Crippen LogP contribution in [-0.4, -0.2) is 33.5 Å². The second-order valence-electron chi connectivity index (χ2n) is 12.1. The summed E-state index contributed by atoms with van der Waals surface area (Å²) in [7, 11) is 0. The Bertz CT molecular complexity index is 1700. The Morgan fingerprint density at radius 1 is 1.07 bits per heavy atom. The summed E-state index contributed by atoms with van der Waals surface area (Å²) < 4.78 is 27.8. The van der Waals surface area contributed by atoms with Crippen molar-refractivity contribution in [3.05, 3.63) is 82.9 Å². The molecular weight excluding hydrogens is 558 g/mol. The van der Waals surface area contributed by atoms with Crippen molar-refractivity contribution in [2.24, 2.45) is 5.41 Å². The molecule has 0 saturated heterocycles. The maximum Gasteiger partial charge on any atom is 0.262 e. The Balaban J connectivity index is 1.64. The molecule has 0 fully saturated rings. The maximum absolute atomic E-state index is 13.9. The first kappa shape index (κ1) is 29.3. The number of aromatic nitrogens is 2. The van der Waals surface area contributed by atoms with Crippen molar-refractivity contribution in [1.82, 2.24) is 25.9 Å². The van der Waals surface area contributed by atoms with E-state index in [-0.39, 0.29) is 5.41 Å². The first-order chi connectivity index (χ1) is 19.9. The maximum atomic E-state index is 13.9. The first-order valence-corrected chi connectivity index (χ1v) is 13.9. The molecule has 8 nitrogen and oxygen atoms in total. The normalized spacial score (nSPS) is 14.6. The van der Waals surface area contributed by atoms with E-state index in [1.165, 1.54) is 25.1 Å². The highest BCUT2D eigenvalue weighted by Gasteiger charge is 2.38. The number of hydrogen-bond donors (Lipinski definition) is 4. The number of hydrogen-bond acceptors (Lipinski definition) is 8. The molecule has 1 aliphatic rings. The van der Waals surface area contributed by atoms with Gasteiger partial charge in [-0.25, -0.2) is 8.78 Å². The zero-order valence-corrected chi connectivity index (χ0v) is 24.8. The third kappa shape index (κ3) is 5.75. The van der Waals surface area contributed by atoms with Gasteiger partial charge >= 0.3 is 0 Å². The standard InChI is InChI=1S/C31H33ClF2N8/c1-30(2,3)17-38-26-18(14-35)15-37-27-22(26)12-19(13-23(27)32)39-28(21-8-6-10-24-20(21)9-7-11-36-24)25-16-42(41-40-25)31(4,5)29(33)34/h6-13,15-16,28-29,39-41H,17H2,1-5H3,(H,37,38)/t28-/m0/s1. The monoisotopic (exact) mass is 590 g/mol. The summed E-state index contributed by atoms with van der Waals surface area (Å²) in [5, 5.41) is 20.2. The van der Waals surface area contributed by atoms with Gasteiger partial charge in [0.1, 0.15) is 11.6 Å². The summed E-state index contributed by atoms with van der Waals surface area (Å²) in [5.41, 5.74) is 9.03. The number of rotatable bonds is 8. The fourth-order valence-electron chi connectivity index (χ4n) is 4.73. The van der Waals surface area contributed by atoms with Crippen molar-refractivity contribution >= 4 is 44.8 Å². The number of anilines is 2. The van der Waals surface area contributed by atoms with E-state index in [2.05, 4.69) is 58.4 Å². The fourth-order valence-corrected chi connectivity index (χ4v) is 5.00. The molecule has 4 aromatic rings. The largest absolute Gasteiger partial charge is 0.383 e. The second kappa shape index (κ2) is 11.2. The van der Waals surface area contributed by atoms with Gasteiger partial charge in [0.05, 0.1) is 39.0 Å². The number of nitrogens with one attached hydrogen (secondary N) is 4. The van der Waals surface area contributed by atoms with Gasteiger partial charge in [0, 0.05) is 41.6 Å². The summed E-state index contributed by atoms with van der Waals surface area (Å²) >= 11 is 6.76. The van der Waals surface area contributed by atoms with Gasteiger partial charge in [0.25, 0.3) is 6.43 Å². The van der Waals surface area contributed by atoms with Crippen molar-refractivity contribution in [2.75, 3.05) is 17.2 Å². The molecule has 1 aliphatic heterocycles. The van der Waals surface area contributed by atoms with Crippen LogP contribution >= 0.6 is 11.6 Å². The van der Waals surface area contributed by atoms with Gasteiger partial charge in [-0.2, -0.15) is 5.26 Å². The molecule has 218 valence electrons. The molecule has 0 amide bonds. The molecule has 0 radical (unpaired) electrons. The Morgan fingerprint density at radius 2 is 1.86 bits per heavy atom. The lowest BCUT2D eigenvalue weighted by molar-refractivity contribution is -0.0311. The Kier molecular flexibility index (Phi) is 7.84. The highest BCUT2D eigenvalue weighted by molar-refractivity contribution is 6.35. The molecule has 2 aromatic heterocycles. The van der Waals surface area contributed by atoms with Gasteiger partial charge in [0.15, 0.2) is 0 Å². The van der Waals surface area contributed by atoms with Gasteiger partial charge in [-0.3, -0.25) is 15.0 Å². The molecular formula is C31H33ClF2N8. The summed E-state index contributed by atoms with van der Waals surface area (Å²) in [6, 6.07) is 15.0. The Labute approximate surface area is 248 Å². The quantitative estimate of drug-likeness (QED) is 0.172. The molecule has 0 bridgehead atoms. The number of nitrogens with zero attached hydrogens (tertiary/aromatic N) is 4. The molecule has 11 heteroatoms. The molecule has 0 saturated carbocycles. The molecule has 0 spiro atoms. The SMILES string of the molecule is CC(C)(C)CNc1c(C#N)cnc2c(Cl)cc(N[C@H](C3=CN(C(C)(C)C(F)F)NN3)c3cccc4ncccc34)cc12. The van der Waals surface area contributed by atoms with Crippen LogP contribution in [0.2, 0.25) is 5.02 Å². The highest BCUT2D eigenvalue weighted by atomic mass is 35.5. The van der Waals surface area contributed by atoms with E-state index in [4.69, 9.17) is 11.6 Å². The van der Waals surface area contributed by atoms with E-state index < -0.39 is 18.0 Å². The second-order valence-corrected chi connectivity index (χ2v) is 12.5. The minimum Gasteiger partial charge on any atom is -0.383 e. The van der Waals surface area contributed by atoms with Crippen LogP contribution in [0.1, 0.15) is 51.8 Å². The van der Waals surface area contributed by atoms with Crippen LogP contribution in [0.15, 0.2) is 66.8 Å². The average molecular weight is 591 g/mol. The molecule has 2 aromatic carbocycles. The lowest BCUT2D eigenvalue weighted by Gasteiger charge is -2.33. The van der Waals surface area contributed by atoms with Crippen LogP contribution in [0.3, 0.4) is 0 Å². The van der Waals surface area contributed by atoms with E-state index in [1.54, 1.807) is 18.5 Å². The van der Waals surface area contributed by atoms with E-state index in [1.807, 2.05) is 36.4 Å². The summed E-state index contributed by atoms with van der Waals surface area (Å²) in [6.07, 6.45) is 2.30. The Hall–Kier alpha value is -4.20. The smallest absolute Gasteiger partial charge is 0.262 e. The molecule has 3 heterocycles. The van der Waals surface area contributed by atoms with Gasteiger partial charge in [-0.1, -0.05) is 50.6 Å². The van der Waals surface area contributed by atoms with Crippen LogP contribution in [0.25, 0.3) is 21.8 Å². The first-order valence-electron chi connectivity index (χ1n) is 13.6. The van der Waals surface area contributed by atoms with Crippen LogP contribution < -0.4 is 21.6 Å². The van der Waals surface area contributed by atoms with Gasteiger partial charge in [-0.15, -0.1) is 5.53 Å². The molecule has 5 rings (SSSR count). The summed E-state index contributed by atoms with van der Waals surface area (Å²) in [5.74, 6) is 0. The predicted octanol–water partition coefficient (Wildman–Crippen LogP) is 7.13. The van der Waals surface area contributed by atoms with Crippen molar-refractivity contribution in [2.45, 2.75) is 52.6 Å². The van der Waals surface area contributed by atoms with Gasteiger partial charge in [0.2, 0.25) is 0 Å². The zero-order chi connectivity index (χ0) is 30.2. The lowest BCUT2D eigenvalue weighted by Crippen LogP contribution is -2.53. The lowest BCUT2D eigenvalue weighted by atomic mass is 9.96. The van der Waals surface area contributed by atoms with Crippen LogP contribution in [0, 0.1) is 16.7 Å². The number of pyridine rings is 2. The van der Waals surface area contributed by atoms with Crippen LogP contribution in [0.5, 0.6) is 0 Å². The molecule has 0 unspecified atom stereocenters. The zero-order valence-electron chi connectivity index (χ0n) is 24.1. The van der Waals surface area contributed by atoms with Crippen LogP contribution in [-0.2, 0) is 0 Å².